The molecule has 0 fully saturated rings. The monoisotopic (exact) mass is 403 g/mol. The molecule has 1 aromatic heterocycles. The molecule has 6 heteroatoms. The molecule has 0 bridgehead atoms. The Kier molecular flexibility index (Phi) is 5.66. The number of anilines is 1. The number of nitrogens with one attached hydrogen (secondary N) is 3. The second-order valence-corrected chi connectivity index (χ2v) is 6.96. The first-order valence-corrected chi connectivity index (χ1v) is 9.64. The zero-order chi connectivity index (χ0) is 20.9. The summed E-state index contributed by atoms with van der Waals surface area (Å²) in [5.74, 6) is 0.293. The largest absolute Gasteiger partial charge is 0.497 e. The zero-order valence-corrected chi connectivity index (χ0v) is 16.5. The van der Waals surface area contributed by atoms with E-state index < -0.39 is 0 Å². The predicted molar refractivity (Wildman–Crippen MR) is 117 cm³/mol. The van der Waals surface area contributed by atoms with Gasteiger partial charge >= 0.3 is 6.03 Å². The molecule has 1 heterocycles. The van der Waals surface area contributed by atoms with Crippen molar-refractivity contribution in [2.75, 3.05) is 19.0 Å². The Morgan fingerprint density at radius 2 is 1.77 bits per heavy atom. The third kappa shape index (κ3) is 4.27. The number of ether oxygens (including phenoxy) is 1. The van der Waals surface area contributed by atoms with Crippen molar-refractivity contribution in [2.45, 2.75) is 5.92 Å². The van der Waals surface area contributed by atoms with Crippen LogP contribution in [-0.4, -0.2) is 24.7 Å². The molecule has 0 saturated carbocycles. The summed E-state index contributed by atoms with van der Waals surface area (Å²) < 4.78 is 18.6. The third-order valence-corrected chi connectivity index (χ3v) is 5.08. The summed E-state index contributed by atoms with van der Waals surface area (Å²) in [5.41, 5.74) is 3.65. The molecule has 0 aliphatic carbocycles. The van der Waals surface area contributed by atoms with Crippen LogP contribution in [0.2, 0.25) is 0 Å². The summed E-state index contributed by atoms with van der Waals surface area (Å²) in [5, 5.41) is 6.83. The lowest BCUT2D eigenvalue weighted by Gasteiger charge is -2.18. The van der Waals surface area contributed by atoms with Crippen LogP contribution in [-0.2, 0) is 0 Å². The van der Waals surface area contributed by atoms with E-state index in [9.17, 15) is 9.18 Å². The fraction of sp³-hybridized carbons (Fsp3) is 0.125. The Morgan fingerprint density at radius 3 is 2.50 bits per heavy atom. The molecule has 0 aliphatic rings. The number of benzene rings is 3. The highest BCUT2D eigenvalue weighted by atomic mass is 19.1. The number of rotatable bonds is 6. The van der Waals surface area contributed by atoms with Gasteiger partial charge in [0.15, 0.2) is 0 Å². The molecule has 0 spiro atoms. The molecule has 4 aromatic rings. The molecule has 30 heavy (non-hydrogen) atoms. The zero-order valence-electron chi connectivity index (χ0n) is 16.5. The van der Waals surface area contributed by atoms with Crippen LogP contribution >= 0.6 is 0 Å². The normalized spacial score (nSPS) is 11.8. The molecular weight excluding hydrogens is 381 g/mol. The van der Waals surface area contributed by atoms with Crippen molar-refractivity contribution in [3.63, 3.8) is 0 Å². The van der Waals surface area contributed by atoms with Crippen LogP contribution < -0.4 is 15.4 Å². The predicted octanol–water partition coefficient (Wildman–Crippen LogP) is 5.27. The molecule has 0 aliphatic heterocycles. The van der Waals surface area contributed by atoms with Gasteiger partial charge in [0, 0.05) is 35.2 Å². The van der Waals surface area contributed by atoms with E-state index in [0.29, 0.717) is 12.2 Å². The van der Waals surface area contributed by atoms with Gasteiger partial charge in [0.25, 0.3) is 0 Å². The minimum atomic E-state index is -0.313. The Balaban J connectivity index is 1.54. The number of halogens is 1. The van der Waals surface area contributed by atoms with E-state index in [1.165, 1.54) is 12.1 Å². The number of aromatic amines is 1. The van der Waals surface area contributed by atoms with E-state index in [2.05, 4.69) is 15.6 Å². The van der Waals surface area contributed by atoms with Crippen LogP contribution in [0.1, 0.15) is 17.0 Å². The summed E-state index contributed by atoms with van der Waals surface area (Å²) in [6.07, 6.45) is 1.95. The highest BCUT2D eigenvalue weighted by Gasteiger charge is 2.19. The number of methoxy groups -OCH3 is 1. The van der Waals surface area contributed by atoms with E-state index >= 15 is 0 Å². The van der Waals surface area contributed by atoms with Gasteiger partial charge in [-0.05, 0) is 53.6 Å². The third-order valence-electron chi connectivity index (χ3n) is 5.08. The second kappa shape index (κ2) is 8.69. The smallest absolute Gasteiger partial charge is 0.319 e. The summed E-state index contributed by atoms with van der Waals surface area (Å²) >= 11 is 0. The van der Waals surface area contributed by atoms with E-state index in [-0.39, 0.29) is 17.8 Å². The number of urea groups is 1. The fourth-order valence-electron chi connectivity index (χ4n) is 3.53. The van der Waals surface area contributed by atoms with Crippen molar-refractivity contribution in [3.8, 4) is 5.75 Å². The molecule has 3 N–H and O–H groups in total. The lowest BCUT2D eigenvalue weighted by molar-refractivity contribution is 0.252. The molecule has 0 saturated heterocycles. The Hall–Kier alpha value is -3.80. The standard InChI is InChI=1S/C24H22FN3O2/c1-30-19-12-10-18(11-13-19)28-24(29)27-14-21(16-6-8-17(25)9-7-16)22-15-26-23-5-3-2-4-20(22)23/h2-13,15,21,26H,14H2,1H3,(H2,27,28,29). The van der Waals surface area contributed by atoms with Crippen molar-refractivity contribution in [1.82, 2.24) is 10.3 Å². The van der Waals surface area contributed by atoms with Crippen molar-refractivity contribution < 1.29 is 13.9 Å². The molecule has 0 radical (unpaired) electrons. The van der Waals surface area contributed by atoms with Crippen LogP contribution in [0.3, 0.4) is 0 Å². The Labute approximate surface area is 173 Å². The lowest BCUT2D eigenvalue weighted by Crippen LogP contribution is -2.32. The van der Waals surface area contributed by atoms with Crippen molar-refractivity contribution >= 4 is 22.6 Å². The van der Waals surface area contributed by atoms with E-state index in [0.717, 1.165) is 27.8 Å². The summed E-state index contributed by atoms with van der Waals surface area (Å²) in [7, 11) is 1.59. The van der Waals surface area contributed by atoms with Gasteiger partial charge in [-0.2, -0.15) is 0 Å². The van der Waals surface area contributed by atoms with Gasteiger partial charge in [0.2, 0.25) is 0 Å². The van der Waals surface area contributed by atoms with Gasteiger partial charge in [0.05, 0.1) is 7.11 Å². The van der Waals surface area contributed by atoms with Crippen LogP contribution in [0.25, 0.3) is 10.9 Å². The highest BCUT2D eigenvalue weighted by molar-refractivity contribution is 5.89. The SMILES string of the molecule is COc1ccc(NC(=O)NCC(c2ccc(F)cc2)c2c[nH]c3ccccc23)cc1. The maximum absolute atomic E-state index is 13.5. The number of H-pyrrole nitrogens is 1. The maximum Gasteiger partial charge on any atom is 0.319 e. The Bertz CT molecular complexity index is 1140. The van der Waals surface area contributed by atoms with Gasteiger partial charge in [-0.25, -0.2) is 9.18 Å². The molecule has 1 atom stereocenters. The molecule has 3 aromatic carbocycles. The topological polar surface area (TPSA) is 66.2 Å². The van der Waals surface area contributed by atoms with Gasteiger partial charge in [-0.15, -0.1) is 0 Å². The van der Waals surface area contributed by atoms with Crippen LogP contribution in [0.4, 0.5) is 14.9 Å². The first-order valence-electron chi connectivity index (χ1n) is 9.64. The number of hydrogen-bond donors (Lipinski definition) is 3. The summed E-state index contributed by atoms with van der Waals surface area (Å²) in [6, 6.07) is 21.2. The molecule has 4 rings (SSSR count). The molecule has 1 unspecified atom stereocenters. The highest BCUT2D eigenvalue weighted by Crippen LogP contribution is 2.30. The molecule has 152 valence electrons. The number of carbonyl (C=O) groups excluding carboxylic acids is 1. The minimum Gasteiger partial charge on any atom is -0.497 e. The van der Waals surface area contributed by atoms with E-state index in [4.69, 9.17) is 4.74 Å². The lowest BCUT2D eigenvalue weighted by atomic mass is 9.91. The first-order chi connectivity index (χ1) is 14.6. The molecular formula is C24H22FN3O2. The van der Waals surface area contributed by atoms with Crippen LogP contribution in [0.5, 0.6) is 5.75 Å². The van der Waals surface area contributed by atoms with Gasteiger partial charge in [-0.1, -0.05) is 30.3 Å². The first kappa shape index (κ1) is 19.5. The average molecular weight is 403 g/mol. The average Bonchev–Trinajstić information content (AvgIpc) is 3.20. The van der Waals surface area contributed by atoms with Gasteiger partial charge < -0.3 is 20.4 Å². The second-order valence-electron chi connectivity index (χ2n) is 6.96. The number of hydrogen-bond acceptors (Lipinski definition) is 2. The number of fused-ring (bicyclic) bond motifs is 1. The number of para-hydroxylation sites is 1. The van der Waals surface area contributed by atoms with Crippen molar-refractivity contribution in [2.24, 2.45) is 0 Å². The van der Waals surface area contributed by atoms with Crippen molar-refractivity contribution in [1.29, 1.82) is 0 Å². The van der Waals surface area contributed by atoms with Crippen molar-refractivity contribution in [3.05, 3.63) is 95.9 Å². The number of carbonyl (C=O) groups is 1. The van der Waals surface area contributed by atoms with Crippen LogP contribution in [0.15, 0.2) is 79.0 Å². The summed E-state index contributed by atoms with van der Waals surface area (Å²) in [6.45, 7) is 0.357. The number of amides is 2. The summed E-state index contributed by atoms with van der Waals surface area (Å²) in [4.78, 5) is 15.7. The maximum atomic E-state index is 13.5. The Morgan fingerprint density at radius 1 is 1.03 bits per heavy atom. The molecule has 5 nitrogen and oxygen atoms in total. The van der Waals surface area contributed by atoms with Gasteiger partial charge in [-0.3, -0.25) is 0 Å². The quantitative estimate of drug-likeness (QED) is 0.411. The number of aromatic nitrogens is 1. The minimum absolute atomic E-state index is 0.136. The van der Waals surface area contributed by atoms with E-state index in [1.807, 2.05) is 30.5 Å². The van der Waals surface area contributed by atoms with Crippen LogP contribution in [0, 0.1) is 5.82 Å². The van der Waals surface area contributed by atoms with E-state index in [1.54, 1.807) is 43.5 Å². The fourth-order valence-corrected chi connectivity index (χ4v) is 3.53. The molecule has 2 amide bonds. The van der Waals surface area contributed by atoms with Gasteiger partial charge in [0.1, 0.15) is 11.6 Å².